The van der Waals surface area contributed by atoms with Gasteiger partial charge in [0.25, 0.3) is 0 Å². The third-order valence-electron chi connectivity index (χ3n) is 5.09. The lowest BCUT2D eigenvalue weighted by Gasteiger charge is -2.29. The van der Waals surface area contributed by atoms with Crippen LogP contribution in [0.3, 0.4) is 0 Å². The van der Waals surface area contributed by atoms with Gasteiger partial charge in [0, 0.05) is 41.6 Å². The highest BCUT2D eigenvalue weighted by Crippen LogP contribution is 2.33. The van der Waals surface area contributed by atoms with Gasteiger partial charge in [-0.3, -0.25) is 0 Å². The molecule has 0 saturated heterocycles. The number of carbonyl (C=O) groups excluding carboxylic acids is 1. The van der Waals surface area contributed by atoms with Crippen LogP contribution in [0.4, 0.5) is 10.5 Å². The fraction of sp³-hybridized carbons (Fsp3) is 0.292. The molecule has 1 amide bonds. The van der Waals surface area contributed by atoms with Gasteiger partial charge in [0.05, 0.1) is 5.52 Å². The summed E-state index contributed by atoms with van der Waals surface area (Å²) in [5.74, 6) is 0. The zero-order chi connectivity index (χ0) is 20.6. The zero-order valence-corrected chi connectivity index (χ0v) is 17.2. The molecule has 1 aliphatic rings. The second-order valence-corrected chi connectivity index (χ2v) is 8.43. The Hall–Kier alpha value is -3.21. The summed E-state index contributed by atoms with van der Waals surface area (Å²) in [4.78, 5) is 14.1. The van der Waals surface area contributed by atoms with Crippen molar-refractivity contribution in [3.05, 3.63) is 66.4 Å². The molecule has 5 heteroatoms. The van der Waals surface area contributed by atoms with Gasteiger partial charge < -0.3 is 19.9 Å². The molecule has 0 radical (unpaired) electrons. The molecule has 2 aromatic carbocycles. The van der Waals surface area contributed by atoms with Gasteiger partial charge in [-0.25, -0.2) is 4.79 Å². The summed E-state index contributed by atoms with van der Waals surface area (Å²) in [5, 5.41) is 1.21. The van der Waals surface area contributed by atoms with Crippen LogP contribution < -0.4 is 5.73 Å². The molecular weight excluding hydrogens is 362 g/mol. The minimum atomic E-state index is -0.479. The van der Waals surface area contributed by atoms with Crippen molar-refractivity contribution < 1.29 is 9.53 Å². The summed E-state index contributed by atoms with van der Waals surface area (Å²) in [6.07, 6.45) is 4.87. The molecule has 0 bridgehead atoms. The second kappa shape index (κ2) is 7.32. The molecule has 2 heterocycles. The van der Waals surface area contributed by atoms with E-state index in [-0.39, 0.29) is 6.09 Å². The monoisotopic (exact) mass is 389 g/mol. The number of nitrogens with two attached hydrogens (primary N) is 1. The Bertz CT molecular complexity index is 1070. The SMILES string of the molecule is CC(C)(C)OC(=O)N1CC=C(c2cn(-c3ccc(N)cc3)c3ccccc23)CC1. The Balaban J connectivity index is 1.65. The van der Waals surface area contributed by atoms with Crippen LogP contribution >= 0.6 is 0 Å². The summed E-state index contributed by atoms with van der Waals surface area (Å²) in [5.41, 5.74) is 10.8. The number of hydrogen-bond acceptors (Lipinski definition) is 3. The van der Waals surface area contributed by atoms with Gasteiger partial charge in [0.15, 0.2) is 0 Å². The highest BCUT2D eigenvalue weighted by molar-refractivity contribution is 5.94. The predicted octanol–water partition coefficient (Wildman–Crippen LogP) is 5.24. The van der Waals surface area contributed by atoms with Gasteiger partial charge in [0.1, 0.15) is 5.60 Å². The molecule has 0 spiro atoms. The molecule has 1 aromatic heterocycles. The molecule has 2 N–H and O–H groups in total. The van der Waals surface area contributed by atoms with Crippen molar-refractivity contribution in [1.29, 1.82) is 0 Å². The Morgan fingerprint density at radius 3 is 2.45 bits per heavy atom. The van der Waals surface area contributed by atoms with Gasteiger partial charge >= 0.3 is 6.09 Å². The predicted molar refractivity (Wildman–Crippen MR) is 118 cm³/mol. The summed E-state index contributed by atoms with van der Waals surface area (Å²) in [6, 6.07) is 16.3. The average Bonchev–Trinajstić information content (AvgIpc) is 3.07. The third-order valence-corrected chi connectivity index (χ3v) is 5.09. The van der Waals surface area contributed by atoms with E-state index in [1.54, 1.807) is 4.90 Å². The van der Waals surface area contributed by atoms with E-state index >= 15 is 0 Å². The van der Waals surface area contributed by atoms with E-state index in [0.29, 0.717) is 13.1 Å². The van der Waals surface area contributed by atoms with Crippen molar-refractivity contribution in [2.75, 3.05) is 18.8 Å². The maximum atomic E-state index is 12.3. The standard InChI is InChI=1S/C24H27N3O2/c1-24(2,3)29-23(28)26-14-12-17(13-15-26)21-16-27(19-10-8-18(25)9-11-19)22-7-5-4-6-20(21)22/h4-12,16H,13-15,25H2,1-3H3. The van der Waals surface area contributed by atoms with Crippen LogP contribution in [0.25, 0.3) is 22.2 Å². The Morgan fingerprint density at radius 2 is 1.79 bits per heavy atom. The van der Waals surface area contributed by atoms with Crippen LogP contribution in [0.1, 0.15) is 32.8 Å². The van der Waals surface area contributed by atoms with Crippen LogP contribution in [0.2, 0.25) is 0 Å². The molecular formula is C24H27N3O2. The van der Waals surface area contributed by atoms with E-state index in [1.807, 2.05) is 45.0 Å². The average molecular weight is 389 g/mol. The number of fused-ring (bicyclic) bond motifs is 1. The van der Waals surface area contributed by atoms with Gasteiger partial charge in [-0.2, -0.15) is 0 Å². The summed E-state index contributed by atoms with van der Waals surface area (Å²) in [6.45, 7) is 6.89. The largest absolute Gasteiger partial charge is 0.444 e. The van der Waals surface area contributed by atoms with E-state index in [2.05, 4.69) is 41.1 Å². The van der Waals surface area contributed by atoms with Gasteiger partial charge in [-0.15, -0.1) is 0 Å². The molecule has 0 aliphatic carbocycles. The Kier molecular flexibility index (Phi) is 4.82. The minimum absolute atomic E-state index is 0.253. The quantitative estimate of drug-likeness (QED) is 0.610. The fourth-order valence-corrected chi connectivity index (χ4v) is 3.69. The maximum absolute atomic E-state index is 12.3. The van der Waals surface area contributed by atoms with Gasteiger partial charge in [-0.1, -0.05) is 24.3 Å². The molecule has 4 rings (SSSR count). The number of aromatic nitrogens is 1. The first-order chi connectivity index (χ1) is 13.8. The third kappa shape index (κ3) is 3.99. The van der Waals surface area contributed by atoms with Crippen LogP contribution in [0, 0.1) is 0 Å². The highest BCUT2D eigenvalue weighted by Gasteiger charge is 2.24. The van der Waals surface area contributed by atoms with E-state index < -0.39 is 5.60 Å². The lowest BCUT2D eigenvalue weighted by atomic mass is 9.99. The topological polar surface area (TPSA) is 60.5 Å². The summed E-state index contributed by atoms with van der Waals surface area (Å²) < 4.78 is 7.70. The number of para-hydroxylation sites is 1. The number of nitrogens with zero attached hydrogens (tertiary/aromatic N) is 2. The van der Waals surface area contributed by atoms with Crippen LogP contribution in [0.5, 0.6) is 0 Å². The lowest BCUT2D eigenvalue weighted by molar-refractivity contribution is 0.0270. The maximum Gasteiger partial charge on any atom is 0.410 e. The molecule has 0 atom stereocenters. The van der Waals surface area contributed by atoms with Crippen molar-refractivity contribution in [2.45, 2.75) is 32.8 Å². The molecule has 1 aliphatic heterocycles. The normalized spacial score (nSPS) is 14.7. The second-order valence-electron chi connectivity index (χ2n) is 8.43. The van der Waals surface area contributed by atoms with Crippen molar-refractivity contribution >= 4 is 28.3 Å². The molecule has 0 saturated carbocycles. The molecule has 0 fully saturated rings. The number of rotatable bonds is 2. The van der Waals surface area contributed by atoms with Crippen molar-refractivity contribution in [3.8, 4) is 5.69 Å². The fourth-order valence-electron chi connectivity index (χ4n) is 3.69. The van der Waals surface area contributed by atoms with Gasteiger partial charge in [-0.05, 0) is 63.1 Å². The molecule has 150 valence electrons. The molecule has 5 nitrogen and oxygen atoms in total. The summed E-state index contributed by atoms with van der Waals surface area (Å²) >= 11 is 0. The Morgan fingerprint density at radius 1 is 1.07 bits per heavy atom. The van der Waals surface area contributed by atoms with E-state index in [9.17, 15) is 4.79 Å². The first-order valence-corrected chi connectivity index (χ1v) is 9.95. The molecule has 29 heavy (non-hydrogen) atoms. The van der Waals surface area contributed by atoms with E-state index in [0.717, 1.165) is 23.3 Å². The number of amides is 1. The van der Waals surface area contributed by atoms with Crippen molar-refractivity contribution in [1.82, 2.24) is 9.47 Å². The first-order valence-electron chi connectivity index (χ1n) is 9.95. The summed E-state index contributed by atoms with van der Waals surface area (Å²) in [7, 11) is 0. The highest BCUT2D eigenvalue weighted by atomic mass is 16.6. The lowest BCUT2D eigenvalue weighted by Crippen LogP contribution is -2.39. The number of nitrogen functional groups attached to an aromatic ring is 1. The number of hydrogen-bond donors (Lipinski definition) is 1. The first kappa shape index (κ1) is 19.1. The number of anilines is 1. The number of benzene rings is 2. The minimum Gasteiger partial charge on any atom is -0.444 e. The Labute approximate surface area is 171 Å². The van der Waals surface area contributed by atoms with Crippen LogP contribution in [-0.2, 0) is 4.74 Å². The van der Waals surface area contributed by atoms with Crippen molar-refractivity contribution in [3.63, 3.8) is 0 Å². The van der Waals surface area contributed by atoms with E-state index in [4.69, 9.17) is 10.5 Å². The van der Waals surface area contributed by atoms with Crippen molar-refractivity contribution in [2.24, 2.45) is 0 Å². The van der Waals surface area contributed by atoms with Gasteiger partial charge in [0.2, 0.25) is 0 Å². The zero-order valence-electron chi connectivity index (χ0n) is 17.2. The van der Waals surface area contributed by atoms with Crippen LogP contribution in [-0.4, -0.2) is 34.3 Å². The van der Waals surface area contributed by atoms with E-state index in [1.165, 1.54) is 16.5 Å². The van der Waals surface area contributed by atoms with Crippen LogP contribution in [0.15, 0.2) is 60.8 Å². The number of ether oxygens (including phenoxy) is 1. The molecule has 3 aromatic rings. The smallest absolute Gasteiger partial charge is 0.410 e. The molecule has 0 unspecified atom stereocenters. The number of carbonyl (C=O) groups is 1.